The third-order valence-electron chi connectivity index (χ3n) is 5.28. The van der Waals surface area contributed by atoms with Crippen molar-refractivity contribution in [3.8, 4) is 0 Å². The van der Waals surface area contributed by atoms with Crippen LogP contribution in [-0.2, 0) is 35.3 Å². The van der Waals surface area contributed by atoms with Gasteiger partial charge in [-0.15, -0.1) is 0 Å². The van der Waals surface area contributed by atoms with E-state index in [-0.39, 0.29) is 18.2 Å². The van der Waals surface area contributed by atoms with Gasteiger partial charge < -0.3 is 9.32 Å². The number of carbonyl (C=O) groups excluding carboxylic acids is 1. The Kier molecular flexibility index (Phi) is 5.69. The second-order valence-corrected chi connectivity index (χ2v) is 9.15. The van der Waals surface area contributed by atoms with Crippen molar-refractivity contribution in [1.82, 2.24) is 14.6 Å². The first kappa shape index (κ1) is 20.3. The molecule has 1 aromatic carbocycles. The van der Waals surface area contributed by atoms with Crippen molar-refractivity contribution >= 4 is 15.9 Å². The SMILES string of the molecule is Cc1ncc2c(c1CNS(=O)(=O)Cc1ccccc1)CCN(C(=O)c1ccco1)C2. The number of carbonyl (C=O) groups is 1. The van der Waals surface area contributed by atoms with Crippen molar-refractivity contribution in [2.24, 2.45) is 0 Å². The number of hydrogen-bond donors (Lipinski definition) is 1. The van der Waals surface area contributed by atoms with E-state index in [2.05, 4.69) is 9.71 Å². The molecule has 30 heavy (non-hydrogen) atoms. The van der Waals surface area contributed by atoms with E-state index < -0.39 is 10.0 Å². The number of nitrogens with one attached hydrogen (secondary N) is 1. The Morgan fingerprint density at radius 2 is 2.00 bits per heavy atom. The van der Waals surface area contributed by atoms with Crippen molar-refractivity contribution in [2.75, 3.05) is 6.54 Å². The molecule has 0 radical (unpaired) electrons. The first-order chi connectivity index (χ1) is 14.4. The predicted molar refractivity (Wildman–Crippen MR) is 112 cm³/mol. The minimum atomic E-state index is -3.48. The summed E-state index contributed by atoms with van der Waals surface area (Å²) in [6.45, 7) is 3.02. The molecule has 0 spiro atoms. The maximum Gasteiger partial charge on any atom is 0.289 e. The quantitative estimate of drug-likeness (QED) is 0.656. The van der Waals surface area contributed by atoms with Gasteiger partial charge in [-0.1, -0.05) is 30.3 Å². The monoisotopic (exact) mass is 425 g/mol. The van der Waals surface area contributed by atoms with Crippen LogP contribution in [0.4, 0.5) is 0 Å². The van der Waals surface area contributed by atoms with Gasteiger partial charge in [-0.2, -0.15) is 0 Å². The summed E-state index contributed by atoms with van der Waals surface area (Å²) in [6.07, 6.45) is 3.89. The van der Waals surface area contributed by atoms with Crippen molar-refractivity contribution in [2.45, 2.75) is 32.2 Å². The Balaban J connectivity index is 1.49. The third kappa shape index (κ3) is 4.44. The van der Waals surface area contributed by atoms with Crippen molar-refractivity contribution < 1.29 is 17.6 Å². The zero-order valence-corrected chi connectivity index (χ0v) is 17.5. The highest BCUT2D eigenvalue weighted by Crippen LogP contribution is 2.25. The fourth-order valence-corrected chi connectivity index (χ4v) is 4.81. The highest BCUT2D eigenvalue weighted by atomic mass is 32.2. The molecule has 1 N–H and O–H groups in total. The summed E-state index contributed by atoms with van der Waals surface area (Å²) >= 11 is 0. The molecule has 1 aliphatic rings. The summed E-state index contributed by atoms with van der Waals surface area (Å²) in [5.74, 6) is 0.0876. The average molecular weight is 426 g/mol. The second-order valence-electron chi connectivity index (χ2n) is 7.35. The molecule has 0 saturated carbocycles. The Labute approximate surface area is 175 Å². The first-order valence-corrected chi connectivity index (χ1v) is 11.4. The fourth-order valence-electron chi connectivity index (χ4n) is 3.71. The number of pyridine rings is 1. The molecule has 7 nitrogen and oxygen atoms in total. The van der Waals surface area contributed by atoms with Gasteiger partial charge in [0.25, 0.3) is 5.91 Å². The molecule has 156 valence electrons. The Bertz CT molecular complexity index is 1140. The maximum absolute atomic E-state index is 12.6. The van der Waals surface area contributed by atoms with E-state index >= 15 is 0 Å². The predicted octanol–water partition coefficient (Wildman–Crippen LogP) is 2.80. The smallest absolute Gasteiger partial charge is 0.289 e. The first-order valence-electron chi connectivity index (χ1n) is 9.73. The molecule has 0 fully saturated rings. The van der Waals surface area contributed by atoms with Gasteiger partial charge in [0.05, 0.1) is 12.0 Å². The summed E-state index contributed by atoms with van der Waals surface area (Å²) < 4.78 is 33.0. The van der Waals surface area contributed by atoms with Gasteiger partial charge in [0.15, 0.2) is 5.76 Å². The molecule has 3 heterocycles. The number of nitrogens with zero attached hydrogens (tertiary/aromatic N) is 2. The lowest BCUT2D eigenvalue weighted by Crippen LogP contribution is -2.37. The van der Waals surface area contributed by atoms with Gasteiger partial charge in [0.1, 0.15) is 0 Å². The van der Waals surface area contributed by atoms with Crippen LogP contribution in [0.2, 0.25) is 0 Å². The number of aromatic nitrogens is 1. The highest BCUT2D eigenvalue weighted by Gasteiger charge is 2.26. The summed E-state index contributed by atoms with van der Waals surface area (Å²) in [6, 6.07) is 12.4. The lowest BCUT2D eigenvalue weighted by Gasteiger charge is -2.30. The van der Waals surface area contributed by atoms with Gasteiger partial charge in [-0.05, 0) is 47.7 Å². The molecule has 0 saturated heterocycles. The number of benzene rings is 1. The van der Waals surface area contributed by atoms with Gasteiger partial charge in [0.2, 0.25) is 10.0 Å². The minimum Gasteiger partial charge on any atom is -0.459 e. The van der Waals surface area contributed by atoms with Crippen LogP contribution >= 0.6 is 0 Å². The lowest BCUT2D eigenvalue weighted by molar-refractivity contribution is 0.0702. The third-order valence-corrected chi connectivity index (χ3v) is 6.58. The van der Waals surface area contributed by atoms with Crippen LogP contribution in [0.5, 0.6) is 0 Å². The number of amides is 1. The Hall–Kier alpha value is -2.97. The summed E-state index contributed by atoms with van der Waals surface area (Å²) in [5, 5.41) is 0. The van der Waals surface area contributed by atoms with E-state index in [1.54, 1.807) is 35.4 Å². The van der Waals surface area contributed by atoms with E-state index in [4.69, 9.17) is 4.42 Å². The fraction of sp³-hybridized carbons (Fsp3) is 0.273. The molecule has 1 amide bonds. The number of furan rings is 1. The van der Waals surface area contributed by atoms with Gasteiger partial charge in [-0.25, -0.2) is 13.1 Å². The van der Waals surface area contributed by atoms with Crippen molar-refractivity contribution in [3.05, 3.63) is 88.6 Å². The molecule has 3 aromatic rings. The summed E-state index contributed by atoms with van der Waals surface area (Å²) in [7, 11) is -3.48. The van der Waals surface area contributed by atoms with Crippen molar-refractivity contribution in [3.63, 3.8) is 0 Å². The molecule has 1 aliphatic heterocycles. The number of fused-ring (bicyclic) bond motifs is 1. The van der Waals surface area contributed by atoms with Crippen LogP contribution in [0.3, 0.4) is 0 Å². The van der Waals surface area contributed by atoms with Crippen LogP contribution in [-0.4, -0.2) is 30.8 Å². The van der Waals surface area contributed by atoms with Crippen LogP contribution < -0.4 is 4.72 Å². The zero-order chi connectivity index (χ0) is 21.1. The number of rotatable bonds is 6. The number of aryl methyl sites for hydroxylation is 1. The van der Waals surface area contributed by atoms with Gasteiger partial charge in [0, 0.05) is 31.5 Å². The Morgan fingerprint density at radius 3 is 2.73 bits per heavy atom. The van der Waals surface area contributed by atoms with Gasteiger partial charge >= 0.3 is 0 Å². The minimum absolute atomic E-state index is 0.0687. The van der Waals surface area contributed by atoms with E-state index in [0.29, 0.717) is 25.3 Å². The summed E-state index contributed by atoms with van der Waals surface area (Å²) in [4.78, 5) is 18.7. The normalized spacial score (nSPS) is 13.8. The van der Waals surface area contributed by atoms with Crippen molar-refractivity contribution in [1.29, 1.82) is 0 Å². The molecular weight excluding hydrogens is 402 g/mol. The number of sulfonamides is 1. The van der Waals surface area contributed by atoms with Crippen LogP contribution in [0, 0.1) is 6.92 Å². The van der Waals surface area contributed by atoms with Crippen LogP contribution in [0.1, 0.15) is 38.5 Å². The zero-order valence-electron chi connectivity index (χ0n) is 16.7. The molecule has 4 rings (SSSR count). The largest absolute Gasteiger partial charge is 0.459 e. The highest BCUT2D eigenvalue weighted by molar-refractivity contribution is 7.88. The average Bonchev–Trinajstić information content (AvgIpc) is 3.27. The van der Waals surface area contributed by atoms with Crippen LogP contribution in [0.15, 0.2) is 59.3 Å². The second kappa shape index (κ2) is 8.41. The molecule has 0 unspecified atom stereocenters. The standard InChI is InChI=1S/C22H23N3O4S/c1-16-20(13-24-30(27,28)15-17-6-3-2-4-7-17)19-9-10-25(14-18(19)12-23-16)22(26)21-8-5-11-29-21/h2-8,11-12,24H,9-10,13-15H2,1H3. The molecule has 0 aliphatic carbocycles. The molecule has 0 bridgehead atoms. The van der Waals surface area contributed by atoms with E-state index in [1.807, 2.05) is 25.1 Å². The lowest BCUT2D eigenvalue weighted by atomic mass is 9.95. The number of hydrogen-bond acceptors (Lipinski definition) is 5. The van der Waals surface area contributed by atoms with Gasteiger partial charge in [-0.3, -0.25) is 9.78 Å². The van der Waals surface area contributed by atoms with E-state index in [0.717, 1.165) is 27.9 Å². The topological polar surface area (TPSA) is 92.5 Å². The van der Waals surface area contributed by atoms with E-state index in [9.17, 15) is 13.2 Å². The maximum atomic E-state index is 12.6. The molecule has 8 heteroatoms. The molecule has 0 atom stereocenters. The van der Waals surface area contributed by atoms with Crippen LogP contribution in [0.25, 0.3) is 0 Å². The van der Waals surface area contributed by atoms with E-state index in [1.165, 1.54) is 6.26 Å². The molecular formula is C22H23N3O4S. The summed E-state index contributed by atoms with van der Waals surface area (Å²) in [5.41, 5.74) is 4.41. The Morgan fingerprint density at radius 1 is 1.20 bits per heavy atom. The molecule has 2 aromatic heterocycles.